The topological polar surface area (TPSA) is 46.9 Å². The number of aromatic nitrogens is 2. The molecule has 0 unspecified atom stereocenters. The quantitative estimate of drug-likeness (QED) is 0.719. The number of hydrogen-bond acceptors (Lipinski definition) is 3. The molecule has 126 valence electrons. The van der Waals surface area contributed by atoms with Crippen molar-refractivity contribution in [3.63, 3.8) is 0 Å². The standard InChI is InChI=1S/C19H23N3OS/c1-5-14-8-6-7-9-16(14)20-18(23)17-10-15-13(4)21-22(11-12(2)3)19(15)24-17/h6-10,12H,5,11H2,1-4H3,(H,20,23). The lowest BCUT2D eigenvalue weighted by Gasteiger charge is -2.08. The maximum atomic E-state index is 12.7. The second-order valence-corrected chi connectivity index (χ2v) is 7.49. The van der Waals surface area contributed by atoms with E-state index in [9.17, 15) is 4.79 Å². The number of amides is 1. The molecule has 24 heavy (non-hydrogen) atoms. The number of nitrogens with one attached hydrogen (secondary N) is 1. The lowest BCUT2D eigenvalue weighted by Crippen LogP contribution is -2.11. The molecule has 3 aromatic rings. The monoisotopic (exact) mass is 341 g/mol. The number of anilines is 1. The molecule has 0 aliphatic rings. The minimum absolute atomic E-state index is 0.0485. The van der Waals surface area contributed by atoms with Crippen molar-refractivity contribution in [3.05, 3.63) is 46.5 Å². The number of hydrogen-bond donors (Lipinski definition) is 1. The normalized spacial score (nSPS) is 11.4. The summed E-state index contributed by atoms with van der Waals surface area (Å²) < 4.78 is 2.02. The maximum absolute atomic E-state index is 12.7. The molecule has 2 heterocycles. The predicted octanol–water partition coefficient (Wildman–Crippen LogP) is 4.88. The van der Waals surface area contributed by atoms with Crippen molar-refractivity contribution >= 4 is 33.1 Å². The molecular formula is C19H23N3OS. The molecule has 0 saturated heterocycles. The highest BCUT2D eigenvalue weighted by molar-refractivity contribution is 7.20. The van der Waals surface area contributed by atoms with Crippen molar-refractivity contribution in [1.82, 2.24) is 9.78 Å². The van der Waals surface area contributed by atoms with Gasteiger partial charge in [-0.3, -0.25) is 9.48 Å². The summed E-state index contributed by atoms with van der Waals surface area (Å²) in [6.45, 7) is 9.30. The van der Waals surface area contributed by atoms with Crippen molar-refractivity contribution in [3.8, 4) is 0 Å². The number of thiophene rings is 1. The first-order valence-electron chi connectivity index (χ1n) is 8.35. The van der Waals surface area contributed by atoms with E-state index in [2.05, 4.69) is 31.2 Å². The minimum atomic E-state index is -0.0485. The number of benzene rings is 1. The van der Waals surface area contributed by atoms with Crippen LogP contribution in [-0.2, 0) is 13.0 Å². The van der Waals surface area contributed by atoms with Gasteiger partial charge in [-0.1, -0.05) is 39.0 Å². The largest absolute Gasteiger partial charge is 0.321 e. The van der Waals surface area contributed by atoms with Gasteiger partial charge in [0.2, 0.25) is 0 Å². The van der Waals surface area contributed by atoms with Crippen LogP contribution in [0.3, 0.4) is 0 Å². The molecule has 0 fully saturated rings. The smallest absolute Gasteiger partial charge is 0.265 e. The van der Waals surface area contributed by atoms with Gasteiger partial charge in [-0.05, 0) is 37.0 Å². The van der Waals surface area contributed by atoms with Crippen LogP contribution in [0, 0.1) is 12.8 Å². The summed E-state index contributed by atoms with van der Waals surface area (Å²) >= 11 is 1.52. The van der Waals surface area contributed by atoms with Crippen LogP contribution in [0.1, 0.15) is 41.7 Å². The highest BCUT2D eigenvalue weighted by Gasteiger charge is 2.17. The molecule has 0 radical (unpaired) electrons. The molecule has 0 aliphatic heterocycles. The Labute approximate surface area is 146 Å². The van der Waals surface area contributed by atoms with Gasteiger partial charge in [-0.25, -0.2) is 0 Å². The number of carbonyl (C=O) groups is 1. The van der Waals surface area contributed by atoms with Crippen molar-refractivity contribution in [1.29, 1.82) is 0 Å². The molecule has 1 aromatic carbocycles. The first kappa shape index (κ1) is 16.7. The van der Waals surface area contributed by atoms with E-state index in [0.717, 1.165) is 45.0 Å². The van der Waals surface area contributed by atoms with Gasteiger partial charge in [0, 0.05) is 17.6 Å². The number of carbonyl (C=O) groups excluding carboxylic acids is 1. The molecule has 0 aliphatic carbocycles. The maximum Gasteiger partial charge on any atom is 0.265 e. The number of nitrogens with zero attached hydrogens (tertiary/aromatic N) is 2. The molecule has 3 rings (SSSR count). The Morgan fingerprint density at radius 1 is 1.33 bits per heavy atom. The summed E-state index contributed by atoms with van der Waals surface area (Å²) in [7, 11) is 0. The number of fused-ring (bicyclic) bond motifs is 1. The zero-order valence-corrected chi connectivity index (χ0v) is 15.4. The van der Waals surface area contributed by atoms with Crippen molar-refractivity contribution < 1.29 is 4.79 Å². The van der Waals surface area contributed by atoms with E-state index in [1.54, 1.807) is 0 Å². The summed E-state index contributed by atoms with van der Waals surface area (Å²) in [5, 5.41) is 8.73. The average molecular weight is 341 g/mol. The molecule has 0 saturated carbocycles. The lowest BCUT2D eigenvalue weighted by molar-refractivity contribution is 0.103. The van der Waals surface area contributed by atoms with Gasteiger partial charge in [0.15, 0.2) is 0 Å². The van der Waals surface area contributed by atoms with Crippen molar-refractivity contribution in [2.24, 2.45) is 5.92 Å². The van der Waals surface area contributed by atoms with Gasteiger partial charge in [0.25, 0.3) is 5.91 Å². The van der Waals surface area contributed by atoms with E-state index in [1.165, 1.54) is 11.3 Å². The fraction of sp³-hybridized carbons (Fsp3) is 0.368. The van der Waals surface area contributed by atoms with Crippen LogP contribution >= 0.6 is 11.3 Å². The Hall–Kier alpha value is -2.14. The van der Waals surface area contributed by atoms with Crippen molar-refractivity contribution in [2.45, 2.75) is 40.7 Å². The summed E-state index contributed by atoms with van der Waals surface area (Å²) in [6.07, 6.45) is 0.894. The third kappa shape index (κ3) is 3.22. The van der Waals surface area contributed by atoms with Crippen LogP contribution in [0.4, 0.5) is 5.69 Å². The number of rotatable bonds is 5. The van der Waals surface area contributed by atoms with Gasteiger partial charge in [0.05, 0.1) is 10.6 Å². The second kappa shape index (κ2) is 6.77. The number of para-hydroxylation sites is 1. The Kier molecular flexibility index (Phi) is 4.71. The molecule has 0 atom stereocenters. The third-order valence-electron chi connectivity index (χ3n) is 4.02. The van der Waals surface area contributed by atoms with Gasteiger partial charge in [-0.15, -0.1) is 11.3 Å². The summed E-state index contributed by atoms with van der Waals surface area (Å²) in [5.74, 6) is 0.468. The third-order valence-corrected chi connectivity index (χ3v) is 5.16. The first-order chi connectivity index (χ1) is 11.5. The summed E-state index contributed by atoms with van der Waals surface area (Å²) in [4.78, 5) is 14.5. The molecule has 1 N–H and O–H groups in total. The molecule has 0 bridgehead atoms. The van der Waals surface area contributed by atoms with Crippen molar-refractivity contribution in [2.75, 3.05) is 5.32 Å². The highest BCUT2D eigenvalue weighted by atomic mass is 32.1. The molecule has 5 heteroatoms. The second-order valence-electron chi connectivity index (χ2n) is 6.46. The molecule has 4 nitrogen and oxygen atoms in total. The minimum Gasteiger partial charge on any atom is -0.321 e. The van der Waals surface area contributed by atoms with Gasteiger partial charge >= 0.3 is 0 Å². The van der Waals surface area contributed by atoms with E-state index < -0.39 is 0 Å². The Morgan fingerprint density at radius 2 is 2.08 bits per heavy atom. The van der Waals surface area contributed by atoms with Crippen LogP contribution in [0.15, 0.2) is 30.3 Å². The molecular weight excluding hydrogens is 318 g/mol. The lowest BCUT2D eigenvalue weighted by atomic mass is 10.1. The van der Waals surface area contributed by atoms with E-state index in [1.807, 2.05) is 41.9 Å². The first-order valence-corrected chi connectivity index (χ1v) is 9.17. The van der Waals surface area contributed by atoms with Gasteiger partial charge in [-0.2, -0.15) is 5.10 Å². The van der Waals surface area contributed by atoms with Gasteiger partial charge < -0.3 is 5.32 Å². The molecule has 0 spiro atoms. The molecule has 2 aromatic heterocycles. The predicted molar refractivity (Wildman–Crippen MR) is 101 cm³/mol. The van der Waals surface area contributed by atoms with E-state index in [4.69, 9.17) is 0 Å². The van der Waals surface area contributed by atoms with E-state index >= 15 is 0 Å². The number of aryl methyl sites for hydroxylation is 2. The van der Waals surface area contributed by atoms with Crippen LogP contribution in [0.25, 0.3) is 10.2 Å². The van der Waals surface area contributed by atoms with E-state index in [0.29, 0.717) is 5.92 Å². The van der Waals surface area contributed by atoms with Crippen LogP contribution in [-0.4, -0.2) is 15.7 Å². The zero-order chi connectivity index (χ0) is 17.3. The fourth-order valence-electron chi connectivity index (χ4n) is 2.83. The fourth-order valence-corrected chi connectivity index (χ4v) is 3.89. The van der Waals surface area contributed by atoms with E-state index in [-0.39, 0.29) is 5.91 Å². The van der Waals surface area contributed by atoms with Crippen LogP contribution in [0.5, 0.6) is 0 Å². The summed E-state index contributed by atoms with van der Waals surface area (Å²) in [6, 6.07) is 9.91. The highest BCUT2D eigenvalue weighted by Crippen LogP contribution is 2.29. The molecule has 1 amide bonds. The Morgan fingerprint density at radius 3 is 2.79 bits per heavy atom. The Balaban J connectivity index is 1.90. The average Bonchev–Trinajstić information content (AvgIpc) is 3.09. The summed E-state index contributed by atoms with van der Waals surface area (Å²) in [5.41, 5.74) is 3.02. The van der Waals surface area contributed by atoms with Gasteiger partial charge in [0.1, 0.15) is 4.83 Å². The van der Waals surface area contributed by atoms with Crippen LogP contribution in [0.2, 0.25) is 0 Å². The van der Waals surface area contributed by atoms with Crippen LogP contribution < -0.4 is 5.32 Å². The SMILES string of the molecule is CCc1ccccc1NC(=O)c1cc2c(C)nn(CC(C)C)c2s1. The Bertz CT molecular complexity index is 876. The zero-order valence-electron chi connectivity index (χ0n) is 14.6.